The molecule has 3 aliphatic heterocycles. The van der Waals surface area contributed by atoms with Crippen LogP contribution < -0.4 is 20.7 Å². The van der Waals surface area contributed by atoms with Crippen molar-refractivity contribution in [1.29, 1.82) is 0 Å². The summed E-state index contributed by atoms with van der Waals surface area (Å²) < 4.78 is 6.68. The van der Waals surface area contributed by atoms with Crippen LogP contribution in [0.25, 0.3) is 5.57 Å². The zero-order chi connectivity index (χ0) is 31.2. The molecule has 6 aliphatic rings. The van der Waals surface area contributed by atoms with Crippen molar-refractivity contribution in [2.45, 2.75) is 62.6 Å². The molecule has 5 nitrogen and oxygen atoms in total. The van der Waals surface area contributed by atoms with Gasteiger partial charge in [0.05, 0.1) is 11.7 Å². The van der Waals surface area contributed by atoms with Crippen LogP contribution in [0, 0.1) is 5.92 Å². The molecule has 0 radical (unpaired) electrons. The maximum Gasteiger partial charge on any atom is 0.176 e. The molecule has 3 aromatic carbocycles. The van der Waals surface area contributed by atoms with E-state index in [9.17, 15) is 0 Å². The number of anilines is 1. The number of rotatable bonds is 5. The lowest BCUT2D eigenvalue weighted by Gasteiger charge is -2.38. The summed E-state index contributed by atoms with van der Waals surface area (Å²) in [6.45, 7) is 0. The Hall–Kier alpha value is -4.71. The van der Waals surface area contributed by atoms with Gasteiger partial charge in [0, 0.05) is 35.7 Å². The number of hydrogen-bond donors (Lipinski definition) is 3. The van der Waals surface area contributed by atoms with Gasteiger partial charge >= 0.3 is 0 Å². The van der Waals surface area contributed by atoms with Crippen LogP contribution in [-0.2, 0) is 0 Å². The molecule has 234 valence electrons. The fourth-order valence-corrected chi connectivity index (χ4v) is 8.02. The number of fused-ring (bicyclic) bond motifs is 5. The lowest BCUT2D eigenvalue weighted by molar-refractivity contribution is 0.204. The summed E-state index contributed by atoms with van der Waals surface area (Å²) in [4.78, 5) is 5.17. The van der Waals surface area contributed by atoms with Crippen molar-refractivity contribution in [3.05, 3.63) is 161 Å². The van der Waals surface area contributed by atoms with Crippen LogP contribution in [-0.4, -0.2) is 24.0 Å². The predicted octanol–water partition coefficient (Wildman–Crippen LogP) is 8.50. The molecule has 6 unspecified atom stereocenters. The SMILES string of the molecule is C1=CCC2NC(C3=CCCC=C3)c3ccc4c(c3C2=C1)NC(C1C=CC(C2CC(c3ccccc3)=NC(c3ccccc3)N2)=CC1)O4. The molecule has 6 atom stereocenters. The summed E-state index contributed by atoms with van der Waals surface area (Å²) in [6, 6.07) is 26.3. The number of ether oxygens (including phenoxy) is 1. The smallest absolute Gasteiger partial charge is 0.176 e. The van der Waals surface area contributed by atoms with Crippen molar-refractivity contribution >= 4 is 17.0 Å². The zero-order valence-electron chi connectivity index (χ0n) is 26.5. The van der Waals surface area contributed by atoms with E-state index >= 15 is 0 Å². The van der Waals surface area contributed by atoms with Gasteiger partial charge in [-0.2, -0.15) is 0 Å². The van der Waals surface area contributed by atoms with Gasteiger partial charge in [-0.15, -0.1) is 0 Å². The average Bonchev–Trinajstić information content (AvgIpc) is 3.60. The van der Waals surface area contributed by atoms with Gasteiger partial charge in [-0.3, -0.25) is 15.6 Å². The van der Waals surface area contributed by atoms with E-state index in [1.165, 1.54) is 39.0 Å². The molecule has 0 saturated carbocycles. The van der Waals surface area contributed by atoms with E-state index in [0.717, 1.165) is 49.3 Å². The summed E-state index contributed by atoms with van der Waals surface area (Å²) in [5.74, 6) is 1.19. The number of nitrogens with one attached hydrogen (secondary N) is 3. The van der Waals surface area contributed by atoms with Crippen molar-refractivity contribution in [2.24, 2.45) is 10.9 Å². The van der Waals surface area contributed by atoms with Crippen LogP contribution >= 0.6 is 0 Å². The largest absolute Gasteiger partial charge is 0.468 e. The highest BCUT2D eigenvalue weighted by atomic mass is 16.5. The van der Waals surface area contributed by atoms with Gasteiger partial charge in [-0.25, -0.2) is 0 Å². The normalized spacial score (nSPS) is 28.9. The molecule has 0 amide bonds. The quantitative estimate of drug-likeness (QED) is 0.269. The minimum absolute atomic E-state index is 0.0800. The first kappa shape index (κ1) is 28.5. The van der Waals surface area contributed by atoms with E-state index in [1.54, 1.807) is 0 Å². The highest BCUT2D eigenvalue weighted by Gasteiger charge is 2.39. The number of nitrogens with zero attached hydrogens (tertiary/aromatic N) is 1. The Balaban J connectivity index is 0.962. The fourth-order valence-electron chi connectivity index (χ4n) is 8.02. The zero-order valence-corrected chi connectivity index (χ0v) is 26.5. The minimum atomic E-state index is -0.108. The second kappa shape index (κ2) is 12.1. The minimum Gasteiger partial charge on any atom is -0.468 e. The molecule has 0 saturated heterocycles. The lowest BCUT2D eigenvalue weighted by Crippen LogP contribution is -2.40. The number of allylic oxidation sites excluding steroid dienone is 5. The number of benzene rings is 3. The van der Waals surface area contributed by atoms with E-state index < -0.39 is 0 Å². The Bertz CT molecular complexity index is 1900. The van der Waals surface area contributed by atoms with Gasteiger partial charge in [-0.05, 0) is 65.2 Å². The topological polar surface area (TPSA) is 57.7 Å². The van der Waals surface area contributed by atoms with Crippen LogP contribution in [0.15, 0.2) is 144 Å². The molecule has 3 aromatic rings. The van der Waals surface area contributed by atoms with Crippen LogP contribution in [0.5, 0.6) is 5.75 Å². The highest BCUT2D eigenvalue weighted by Crippen LogP contribution is 2.49. The van der Waals surface area contributed by atoms with Crippen molar-refractivity contribution in [3.8, 4) is 5.75 Å². The van der Waals surface area contributed by atoms with Crippen LogP contribution in [0.4, 0.5) is 5.69 Å². The summed E-state index contributed by atoms with van der Waals surface area (Å²) in [5, 5.41) is 11.7. The predicted molar refractivity (Wildman–Crippen MR) is 191 cm³/mol. The van der Waals surface area contributed by atoms with Gasteiger partial charge in [0.2, 0.25) is 0 Å². The average molecular weight is 617 g/mol. The third-order valence-corrected chi connectivity index (χ3v) is 10.4. The number of aliphatic imine (C=N–C) groups is 1. The summed E-state index contributed by atoms with van der Waals surface area (Å²) in [5.41, 5.74) is 11.4. The molecule has 47 heavy (non-hydrogen) atoms. The first-order valence-electron chi connectivity index (χ1n) is 17.2. The third kappa shape index (κ3) is 5.34. The van der Waals surface area contributed by atoms with Crippen molar-refractivity contribution in [1.82, 2.24) is 10.6 Å². The van der Waals surface area contributed by atoms with E-state index in [0.29, 0.717) is 6.04 Å². The molecule has 9 rings (SSSR count). The molecule has 3 N–H and O–H groups in total. The second-order valence-corrected chi connectivity index (χ2v) is 13.3. The second-order valence-electron chi connectivity index (χ2n) is 13.3. The van der Waals surface area contributed by atoms with Gasteiger partial charge in [0.15, 0.2) is 6.23 Å². The van der Waals surface area contributed by atoms with Crippen molar-refractivity contribution < 1.29 is 4.74 Å². The number of hydrogen-bond acceptors (Lipinski definition) is 5. The maximum absolute atomic E-state index is 6.68. The molecule has 3 heterocycles. The lowest BCUT2D eigenvalue weighted by atomic mass is 9.79. The van der Waals surface area contributed by atoms with Crippen molar-refractivity contribution in [3.63, 3.8) is 0 Å². The van der Waals surface area contributed by atoms with E-state index in [1.807, 2.05) is 0 Å². The van der Waals surface area contributed by atoms with Gasteiger partial charge in [0.1, 0.15) is 11.9 Å². The highest BCUT2D eigenvalue weighted by molar-refractivity contribution is 6.01. The van der Waals surface area contributed by atoms with Gasteiger partial charge < -0.3 is 10.1 Å². The molecule has 3 aliphatic carbocycles. The van der Waals surface area contributed by atoms with Crippen LogP contribution in [0.2, 0.25) is 0 Å². The first-order chi connectivity index (χ1) is 23.3. The summed E-state index contributed by atoms with van der Waals surface area (Å²) >= 11 is 0. The van der Waals surface area contributed by atoms with Crippen LogP contribution in [0.3, 0.4) is 0 Å². The Labute approximate surface area is 277 Å². The van der Waals surface area contributed by atoms with Crippen LogP contribution in [0.1, 0.15) is 66.6 Å². The molecule has 0 spiro atoms. The molecule has 0 aromatic heterocycles. The molecule has 0 bridgehead atoms. The summed E-state index contributed by atoms with van der Waals surface area (Å²) in [7, 11) is 0. The molecule has 0 fully saturated rings. The van der Waals surface area contributed by atoms with Crippen molar-refractivity contribution in [2.75, 3.05) is 5.32 Å². The molecule has 5 heteroatoms. The molecular weight excluding hydrogens is 576 g/mol. The maximum atomic E-state index is 6.68. The third-order valence-electron chi connectivity index (χ3n) is 10.4. The standard InChI is InChI=1S/C42H40N4O/c1-4-12-27(13-5-1)35-26-36(45-41(44-35)30-16-8-3-9-17-30)28-20-22-31(23-21-28)42-46-40-37(47-42)25-24-33-38(40)32-18-10-11-19-34(32)43-39(33)29-14-6-2-7-15-29/h1,3-6,8-18,20-22,24-25,31,34,36,39,41-43,45-46H,2,7,19,23,26H2. The Morgan fingerprint density at radius 3 is 2.45 bits per heavy atom. The van der Waals surface area contributed by atoms with Gasteiger partial charge in [-0.1, -0.05) is 121 Å². The Morgan fingerprint density at radius 2 is 1.64 bits per heavy atom. The Kier molecular flexibility index (Phi) is 7.37. The van der Waals surface area contributed by atoms with E-state index in [2.05, 4.69) is 143 Å². The first-order valence-corrected chi connectivity index (χ1v) is 17.2. The fraction of sp³-hybridized carbons (Fsp3) is 0.262. The van der Waals surface area contributed by atoms with E-state index in [4.69, 9.17) is 9.73 Å². The van der Waals surface area contributed by atoms with Gasteiger partial charge in [0.25, 0.3) is 0 Å². The Morgan fingerprint density at radius 1 is 0.766 bits per heavy atom. The van der Waals surface area contributed by atoms with E-state index in [-0.39, 0.29) is 30.4 Å². The molecular formula is C42H40N4O. The summed E-state index contributed by atoms with van der Waals surface area (Å²) in [6.07, 6.45) is 25.7. The monoisotopic (exact) mass is 616 g/mol.